The number of hydrogen-bond donors (Lipinski definition) is 2. The van der Waals surface area contributed by atoms with Crippen LogP contribution in [0.5, 0.6) is 5.75 Å². The largest absolute Gasteiger partial charge is 0.489 e. The van der Waals surface area contributed by atoms with Gasteiger partial charge in [0.2, 0.25) is 21.8 Å². The van der Waals surface area contributed by atoms with Gasteiger partial charge in [0.25, 0.3) is 5.91 Å². The highest BCUT2D eigenvalue weighted by Crippen LogP contribution is 2.45. The molecular formula is C45H53FN6O6S. The van der Waals surface area contributed by atoms with Crippen LogP contribution in [0.1, 0.15) is 85.2 Å². The zero-order chi connectivity index (χ0) is 41.1. The Bertz CT molecular complexity index is 2380. The fourth-order valence-corrected chi connectivity index (χ4v) is 9.99. The molecule has 2 saturated heterocycles. The number of amides is 3. The summed E-state index contributed by atoms with van der Waals surface area (Å²) in [4.78, 5) is 43.5. The Balaban J connectivity index is 1.14. The van der Waals surface area contributed by atoms with Gasteiger partial charge in [-0.05, 0) is 86.1 Å². The summed E-state index contributed by atoms with van der Waals surface area (Å²) in [5.41, 5.74) is 5.65. The number of nitrogens with one attached hydrogen (secondary N) is 2. The second-order valence-corrected chi connectivity index (χ2v) is 18.1. The van der Waals surface area contributed by atoms with Crippen molar-refractivity contribution in [2.24, 2.45) is 0 Å². The molecule has 14 heteroatoms. The number of carbonyl (C=O) groups excluding carboxylic acids is 3. The van der Waals surface area contributed by atoms with Gasteiger partial charge >= 0.3 is 0 Å². The molecule has 59 heavy (non-hydrogen) atoms. The average Bonchev–Trinajstić information content (AvgIpc) is 3.80. The number of aromatic nitrogens is 1. The molecule has 8 rings (SSSR count). The van der Waals surface area contributed by atoms with Crippen molar-refractivity contribution in [1.29, 1.82) is 0 Å². The van der Waals surface area contributed by atoms with Crippen molar-refractivity contribution in [2.45, 2.75) is 76.9 Å². The maximum atomic E-state index is 16.9. The SMILES string of the molecule is CS(=O)(=O)N1CCN(c2ccc(N3CCCC3=O)cc2COc2ccc(-c3c(C4CCCCC4)c4ccc5cc4n3CC(=O)NCC/C=C/CCNC5=O)c(F)c2)CC1. The molecule has 312 valence electrons. The summed E-state index contributed by atoms with van der Waals surface area (Å²) in [7, 11) is -3.31. The molecule has 1 aliphatic carbocycles. The third-order valence-corrected chi connectivity index (χ3v) is 13.5. The highest BCUT2D eigenvalue weighted by molar-refractivity contribution is 7.88. The number of rotatable bonds is 8. The molecule has 3 amide bonds. The predicted octanol–water partition coefficient (Wildman–Crippen LogP) is 6.48. The number of hydrogen-bond acceptors (Lipinski definition) is 7. The fourth-order valence-electron chi connectivity index (χ4n) is 9.16. The van der Waals surface area contributed by atoms with Gasteiger partial charge in [-0.15, -0.1) is 0 Å². The normalized spacial score (nSPS) is 19.7. The summed E-state index contributed by atoms with van der Waals surface area (Å²) in [5, 5.41) is 6.96. The number of halogens is 1. The van der Waals surface area contributed by atoms with E-state index < -0.39 is 15.8 Å². The first-order valence-electron chi connectivity index (χ1n) is 21.0. The van der Waals surface area contributed by atoms with Crippen molar-refractivity contribution in [2.75, 3.05) is 61.9 Å². The van der Waals surface area contributed by atoms with Gasteiger partial charge in [-0.25, -0.2) is 12.8 Å². The van der Waals surface area contributed by atoms with Crippen molar-refractivity contribution in [1.82, 2.24) is 19.5 Å². The Kier molecular flexibility index (Phi) is 12.1. The minimum atomic E-state index is -3.31. The van der Waals surface area contributed by atoms with E-state index in [4.69, 9.17) is 4.74 Å². The Morgan fingerprint density at radius 2 is 1.59 bits per heavy atom. The van der Waals surface area contributed by atoms with E-state index in [2.05, 4.69) is 15.5 Å². The molecule has 1 saturated carbocycles. The standard InChI is InChI=1S/C45H53FN6O6S/c1-59(56,57)50-24-22-49(23-25-50)39-18-14-34(51-21-9-12-42(51)54)26-33(39)30-58-35-15-17-36(38(46)28-35)44-43(31-10-5-4-6-11-31)37-16-13-32-27-40(37)52(44)29-41(53)47-19-7-2-3-8-20-48-45(32)55/h2-3,13-18,26-28,31H,4-12,19-25,29-30H2,1H3,(H,47,53)(H,48,55)/b3-2+. The Morgan fingerprint density at radius 3 is 2.31 bits per heavy atom. The van der Waals surface area contributed by atoms with Gasteiger partial charge < -0.3 is 29.7 Å². The lowest BCUT2D eigenvalue weighted by molar-refractivity contribution is -0.121. The van der Waals surface area contributed by atoms with Crippen LogP contribution in [-0.4, -0.2) is 87.1 Å². The molecule has 1 aromatic heterocycles. The molecule has 0 unspecified atom stereocenters. The van der Waals surface area contributed by atoms with Crippen molar-refractivity contribution in [3.8, 4) is 17.0 Å². The minimum Gasteiger partial charge on any atom is -0.489 e. The topological polar surface area (TPSA) is 133 Å². The van der Waals surface area contributed by atoms with Crippen LogP contribution in [-0.2, 0) is 32.8 Å². The molecule has 4 aromatic rings. The van der Waals surface area contributed by atoms with E-state index >= 15 is 4.39 Å². The number of ether oxygens (including phenoxy) is 1. The lowest BCUT2D eigenvalue weighted by Crippen LogP contribution is -2.48. The minimum absolute atomic E-state index is 0.0396. The van der Waals surface area contributed by atoms with E-state index in [0.717, 1.165) is 71.9 Å². The summed E-state index contributed by atoms with van der Waals surface area (Å²) in [6, 6.07) is 16.3. The van der Waals surface area contributed by atoms with Gasteiger partial charge in [0.05, 0.1) is 17.5 Å². The number of piperazine rings is 1. The van der Waals surface area contributed by atoms with Crippen LogP contribution in [0.15, 0.2) is 66.7 Å². The molecule has 0 atom stereocenters. The number of benzene rings is 3. The molecule has 4 heterocycles. The highest BCUT2D eigenvalue weighted by atomic mass is 32.2. The van der Waals surface area contributed by atoms with E-state index in [1.807, 2.05) is 53.1 Å². The third-order valence-electron chi connectivity index (χ3n) is 12.2. The zero-order valence-corrected chi connectivity index (χ0v) is 34.5. The molecule has 3 aliphatic heterocycles. The van der Waals surface area contributed by atoms with Gasteiger partial charge in [0.1, 0.15) is 24.7 Å². The van der Waals surface area contributed by atoms with Crippen molar-refractivity contribution >= 4 is 50.0 Å². The third kappa shape index (κ3) is 8.89. The van der Waals surface area contributed by atoms with Crippen molar-refractivity contribution in [3.05, 3.63) is 89.3 Å². The second kappa shape index (κ2) is 17.6. The van der Waals surface area contributed by atoms with E-state index in [-0.39, 0.29) is 36.8 Å². The Labute approximate surface area is 345 Å². The van der Waals surface area contributed by atoms with E-state index in [9.17, 15) is 22.8 Å². The van der Waals surface area contributed by atoms with Crippen LogP contribution in [0, 0.1) is 5.82 Å². The van der Waals surface area contributed by atoms with Gasteiger partial charge in [-0.3, -0.25) is 14.4 Å². The zero-order valence-electron chi connectivity index (χ0n) is 33.7. The summed E-state index contributed by atoms with van der Waals surface area (Å²) >= 11 is 0. The molecule has 2 N–H and O–H groups in total. The second-order valence-electron chi connectivity index (χ2n) is 16.1. The molecule has 0 spiro atoms. The molecule has 3 fully saturated rings. The van der Waals surface area contributed by atoms with E-state index in [1.54, 1.807) is 17.0 Å². The first-order chi connectivity index (χ1) is 28.5. The molecule has 4 aliphatic rings. The molecular weight excluding hydrogens is 772 g/mol. The lowest BCUT2D eigenvalue weighted by atomic mass is 9.81. The van der Waals surface area contributed by atoms with Crippen LogP contribution in [0.3, 0.4) is 0 Å². The molecule has 2 bridgehead atoms. The number of carbonyl (C=O) groups is 3. The summed E-state index contributed by atoms with van der Waals surface area (Å²) in [5.74, 6) is -0.344. The van der Waals surface area contributed by atoms with Gasteiger partial charge in [-0.1, -0.05) is 37.5 Å². The van der Waals surface area contributed by atoms with Gasteiger partial charge in [0.15, 0.2) is 0 Å². The van der Waals surface area contributed by atoms with Crippen LogP contribution >= 0.6 is 0 Å². The summed E-state index contributed by atoms with van der Waals surface area (Å²) in [6.07, 6.45) is 13.0. The predicted molar refractivity (Wildman–Crippen MR) is 228 cm³/mol. The highest BCUT2D eigenvalue weighted by Gasteiger charge is 2.30. The first kappa shape index (κ1) is 40.6. The number of anilines is 2. The summed E-state index contributed by atoms with van der Waals surface area (Å²) in [6.45, 7) is 3.32. The number of sulfonamides is 1. The Hall–Kier alpha value is -5.21. The van der Waals surface area contributed by atoms with Crippen LogP contribution in [0.25, 0.3) is 22.2 Å². The van der Waals surface area contributed by atoms with E-state index in [0.29, 0.717) is 87.6 Å². The monoisotopic (exact) mass is 824 g/mol. The first-order valence-corrected chi connectivity index (χ1v) is 22.8. The molecule has 3 aromatic carbocycles. The average molecular weight is 825 g/mol. The number of fused-ring (bicyclic) bond motifs is 1. The van der Waals surface area contributed by atoms with Gasteiger partial charge in [0, 0.05) is 91.8 Å². The lowest BCUT2D eigenvalue weighted by Gasteiger charge is -2.36. The quantitative estimate of drug-likeness (QED) is 0.195. The maximum absolute atomic E-state index is 16.9. The number of nitrogens with zero attached hydrogens (tertiary/aromatic N) is 4. The maximum Gasteiger partial charge on any atom is 0.251 e. The van der Waals surface area contributed by atoms with Crippen molar-refractivity contribution < 1.29 is 31.9 Å². The summed E-state index contributed by atoms with van der Waals surface area (Å²) < 4.78 is 51.0. The molecule has 0 radical (unpaired) electrons. The fraction of sp³-hybridized carbons (Fsp3) is 0.444. The Morgan fingerprint density at radius 1 is 0.831 bits per heavy atom. The van der Waals surface area contributed by atoms with Crippen molar-refractivity contribution in [3.63, 3.8) is 0 Å². The smallest absolute Gasteiger partial charge is 0.251 e. The van der Waals surface area contributed by atoms with Gasteiger partial charge in [-0.2, -0.15) is 4.31 Å². The van der Waals surface area contributed by atoms with Crippen LogP contribution < -0.4 is 25.2 Å². The van der Waals surface area contributed by atoms with E-state index in [1.165, 1.54) is 16.6 Å². The van der Waals surface area contributed by atoms with Crippen LogP contribution in [0.2, 0.25) is 0 Å². The van der Waals surface area contributed by atoms with Crippen LogP contribution in [0.4, 0.5) is 15.8 Å². The molecule has 12 nitrogen and oxygen atoms in total.